The summed E-state index contributed by atoms with van der Waals surface area (Å²) in [6.07, 6.45) is 0.898. The van der Waals surface area contributed by atoms with Crippen molar-refractivity contribution in [1.29, 1.82) is 0 Å². The maximum atomic E-state index is 10.4. The SMILES string of the molecule is [C-]#[N+]c1ccc(O)c(C(CCN(C(C)C)C(C)C)c2ccccc2)c1. The Morgan fingerprint density at radius 3 is 2.20 bits per heavy atom. The van der Waals surface area contributed by atoms with Gasteiger partial charge in [0.05, 0.1) is 6.57 Å². The molecular weight excluding hydrogens is 308 g/mol. The summed E-state index contributed by atoms with van der Waals surface area (Å²) in [7, 11) is 0. The lowest BCUT2D eigenvalue weighted by molar-refractivity contribution is 0.170. The van der Waals surface area contributed by atoms with Crippen molar-refractivity contribution in [2.45, 2.75) is 52.1 Å². The van der Waals surface area contributed by atoms with Crippen LogP contribution in [0.3, 0.4) is 0 Å². The van der Waals surface area contributed by atoms with Crippen molar-refractivity contribution in [2.24, 2.45) is 0 Å². The number of nitrogens with zero attached hydrogens (tertiary/aromatic N) is 2. The first-order valence-electron chi connectivity index (χ1n) is 8.95. The monoisotopic (exact) mass is 336 g/mol. The molecular formula is C22H28N2O. The van der Waals surface area contributed by atoms with Gasteiger partial charge in [0.15, 0.2) is 5.69 Å². The third kappa shape index (κ3) is 4.84. The Balaban J connectivity index is 2.37. The van der Waals surface area contributed by atoms with Gasteiger partial charge in [0, 0.05) is 18.0 Å². The highest BCUT2D eigenvalue weighted by atomic mass is 16.3. The molecule has 25 heavy (non-hydrogen) atoms. The molecule has 132 valence electrons. The Hall–Kier alpha value is -2.31. The number of hydrogen-bond donors (Lipinski definition) is 1. The highest BCUT2D eigenvalue weighted by Gasteiger charge is 2.21. The van der Waals surface area contributed by atoms with Gasteiger partial charge < -0.3 is 5.11 Å². The quantitative estimate of drug-likeness (QED) is 0.668. The van der Waals surface area contributed by atoms with E-state index in [1.807, 2.05) is 24.3 Å². The number of rotatable bonds is 7. The van der Waals surface area contributed by atoms with Crippen molar-refractivity contribution in [3.05, 3.63) is 71.1 Å². The van der Waals surface area contributed by atoms with Gasteiger partial charge in [0.1, 0.15) is 5.75 Å². The third-order valence-electron chi connectivity index (χ3n) is 4.72. The lowest BCUT2D eigenvalue weighted by Gasteiger charge is -2.32. The number of hydrogen-bond acceptors (Lipinski definition) is 2. The minimum atomic E-state index is 0.0721. The van der Waals surface area contributed by atoms with Gasteiger partial charge in [-0.25, -0.2) is 4.85 Å². The minimum Gasteiger partial charge on any atom is -0.508 e. The zero-order chi connectivity index (χ0) is 18.4. The van der Waals surface area contributed by atoms with E-state index in [0.717, 1.165) is 18.5 Å². The molecule has 0 bridgehead atoms. The van der Waals surface area contributed by atoms with E-state index in [2.05, 4.69) is 49.6 Å². The van der Waals surface area contributed by atoms with Crippen LogP contribution in [-0.2, 0) is 0 Å². The highest BCUT2D eigenvalue weighted by molar-refractivity contribution is 5.54. The van der Waals surface area contributed by atoms with Crippen molar-refractivity contribution < 1.29 is 5.11 Å². The van der Waals surface area contributed by atoms with Crippen molar-refractivity contribution in [1.82, 2.24) is 4.90 Å². The summed E-state index contributed by atoms with van der Waals surface area (Å²) in [5.74, 6) is 0.338. The van der Waals surface area contributed by atoms with Crippen LogP contribution >= 0.6 is 0 Å². The topological polar surface area (TPSA) is 27.8 Å². The molecule has 1 unspecified atom stereocenters. The van der Waals surface area contributed by atoms with E-state index in [4.69, 9.17) is 6.57 Å². The van der Waals surface area contributed by atoms with E-state index in [1.54, 1.807) is 12.1 Å². The molecule has 0 spiro atoms. The summed E-state index contributed by atoms with van der Waals surface area (Å²) >= 11 is 0. The third-order valence-corrected chi connectivity index (χ3v) is 4.72. The van der Waals surface area contributed by atoms with Crippen LogP contribution in [0, 0.1) is 6.57 Å². The van der Waals surface area contributed by atoms with E-state index >= 15 is 0 Å². The molecule has 0 radical (unpaired) electrons. The fourth-order valence-electron chi connectivity index (χ4n) is 3.47. The molecule has 0 aliphatic heterocycles. The number of phenolic OH excluding ortho intramolecular Hbond substituents is 1. The minimum absolute atomic E-state index is 0.0721. The van der Waals surface area contributed by atoms with Crippen molar-refractivity contribution >= 4 is 5.69 Å². The molecule has 0 saturated carbocycles. The molecule has 0 heterocycles. The lowest BCUT2D eigenvalue weighted by Crippen LogP contribution is -2.38. The molecule has 1 N–H and O–H groups in total. The second kappa shape index (κ2) is 8.69. The molecule has 2 aromatic rings. The molecule has 0 aliphatic carbocycles. The summed E-state index contributed by atoms with van der Waals surface area (Å²) in [5.41, 5.74) is 2.58. The van der Waals surface area contributed by atoms with E-state index in [0.29, 0.717) is 17.8 Å². The second-order valence-electron chi connectivity index (χ2n) is 7.03. The number of phenols is 1. The maximum Gasteiger partial charge on any atom is 0.187 e. The molecule has 2 rings (SSSR count). The smallest absolute Gasteiger partial charge is 0.187 e. The van der Waals surface area contributed by atoms with E-state index < -0.39 is 0 Å². The van der Waals surface area contributed by atoms with Crippen molar-refractivity contribution in [3.8, 4) is 5.75 Å². The number of aromatic hydroxyl groups is 1. The van der Waals surface area contributed by atoms with Crippen LogP contribution in [0.5, 0.6) is 5.75 Å². The first kappa shape index (κ1) is 19.0. The average Bonchev–Trinajstić information content (AvgIpc) is 2.59. The van der Waals surface area contributed by atoms with Crippen LogP contribution in [0.25, 0.3) is 4.85 Å². The van der Waals surface area contributed by atoms with Gasteiger partial charge in [0.2, 0.25) is 0 Å². The summed E-state index contributed by atoms with van der Waals surface area (Å²) in [5, 5.41) is 10.4. The Morgan fingerprint density at radius 1 is 1.00 bits per heavy atom. The van der Waals surface area contributed by atoms with Gasteiger partial charge in [-0.2, -0.15) is 0 Å². The fourth-order valence-corrected chi connectivity index (χ4v) is 3.47. The Labute approximate surface area is 151 Å². The van der Waals surface area contributed by atoms with Gasteiger partial charge in [-0.1, -0.05) is 36.4 Å². The summed E-state index contributed by atoms with van der Waals surface area (Å²) < 4.78 is 0. The fraction of sp³-hybridized carbons (Fsp3) is 0.409. The molecule has 0 aromatic heterocycles. The van der Waals surface area contributed by atoms with Gasteiger partial charge >= 0.3 is 0 Å². The largest absolute Gasteiger partial charge is 0.508 e. The molecule has 3 heteroatoms. The second-order valence-corrected chi connectivity index (χ2v) is 7.03. The molecule has 2 aromatic carbocycles. The van der Waals surface area contributed by atoms with Crippen LogP contribution < -0.4 is 0 Å². The Kier molecular flexibility index (Phi) is 6.61. The number of benzene rings is 2. The first-order chi connectivity index (χ1) is 11.9. The summed E-state index contributed by atoms with van der Waals surface area (Å²) in [4.78, 5) is 5.99. The Bertz CT molecular complexity index is 709. The zero-order valence-electron chi connectivity index (χ0n) is 15.6. The maximum absolute atomic E-state index is 10.4. The Morgan fingerprint density at radius 2 is 1.64 bits per heavy atom. The van der Waals surface area contributed by atoms with E-state index in [1.165, 1.54) is 5.56 Å². The van der Waals surface area contributed by atoms with Crippen LogP contribution in [0.1, 0.15) is 51.2 Å². The molecule has 0 fully saturated rings. The predicted octanol–water partition coefficient (Wildman–Crippen LogP) is 5.58. The van der Waals surface area contributed by atoms with Gasteiger partial charge in [-0.3, -0.25) is 4.90 Å². The van der Waals surface area contributed by atoms with Crippen LogP contribution in [0.2, 0.25) is 0 Å². The van der Waals surface area contributed by atoms with E-state index in [-0.39, 0.29) is 11.7 Å². The molecule has 0 saturated heterocycles. The highest BCUT2D eigenvalue weighted by Crippen LogP contribution is 2.36. The summed E-state index contributed by atoms with van der Waals surface area (Å²) in [6.45, 7) is 17.1. The normalized spacial score (nSPS) is 12.6. The lowest BCUT2D eigenvalue weighted by atomic mass is 9.87. The molecule has 0 amide bonds. The van der Waals surface area contributed by atoms with Crippen molar-refractivity contribution in [3.63, 3.8) is 0 Å². The van der Waals surface area contributed by atoms with Crippen molar-refractivity contribution in [2.75, 3.05) is 6.54 Å². The van der Waals surface area contributed by atoms with Gasteiger partial charge in [-0.05, 0) is 63.9 Å². The molecule has 1 atom stereocenters. The predicted molar refractivity (Wildman–Crippen MR) is 104 cm³/mol. The average molecular weight is 336 g/mol. The first-order valence-corrected chi connectivity index (χ1v) is 8.95. The zero-order valence-corrected chi connectivity index (χ0v) is 15.6. The van der Waals surface area contributed by atoms with Gasteiger partial charge in [-0.15, -0.1) is 0 Å². The van der Waals surface area contributed by atoms with E-state index in [9.17, 15) is 5.11 Å². The van der Waals surface area contributed by atoms with Crippen LogP contribution in [-0.4, -0.2) is 28.6 Å². The summed E-state index contributed by atoms with van der Waals surface area (Å²) in [6, 6.07) is 16.3. The standard InChI is InChI=1S/C22H28N2O/c1-16(2)24(17(3)4)14-13-20(18-9-7-6-8-10-18)21-15-19(23-5)11-12-22(21)25/h6-12,15-17,20,25H,13-14H2,1-4H3. The van der Waals surface area contributed by atoms with Crippen LogP contribution in [0.4, 0.5) is 5.69 Å². The molecule has 3 nitrogen and oxygen atoms in total. The van der Waals surface area contributed by atoms with Crippen LogP contribution in [0.15, 0.2) is 48.5 Å². The molecule has 0 aliphatic rings. The van der Waals surface area contributed by atoms with Gasteiger partial charge in [0.25, 0.3) is 0 Å².